The first kappa shape index (κ1) is 23.0. The predicted octanol–water partition coefficient (Wildman–Crippen LogP) is 3.31. The smallest absolute Gasteiger partial charge is 0.220 e. The van der Waals surface area contributed by atoms with Gasteiger partial charge in [-0.05, 0) is 49.8 Å². The highest BCUT2D eigenvalue weighted by Crippen LogP contribution is 2.38. The summed E-state index contributed by atoms with van der Waals surface area (Å²) < 4.78 is 0. The molecular weight excluding hydrogens is 371 g/mol. The third-order valence-electron chi connectivity index (χ3n) is 5.72. The number of anilines is 1. The van der Waals surface area contributed by atoms with E-state index in [2.05, 4.69) is 15.2 Å². The molecule has 26 heavy (non-hydrogen) atoms. The summed E-state index contributed by atoms with van der Waals surface area (Å²) in [5.74, 6) is 1.23. The maximum Gasteiger partial charge on any atom is 0.220 e. The number of amides is 1. The minimum atomic E-state index is 0. The van der Waals surface area contributed by atoms with Gasteiger partial charge >= 0.3 is 0 Å². The molecule has 2 fully saturated rings. The molecule has 5 nitrogen and oxygen atoms in total. The molecule has 2 heterocycles. The van der Waals surface area contributed by atoms with Crippen LogP contribution in [0.3, 0.4) is 0 Å². The molecular formula is C19H32Cl2N4O. The minimum Gasteiger partial charge on any atom is -0.356 e. The van der Waals surface area contributed by atoms with Gasteiger partial charge in [-0.3, -0.25) is 4.79 Å². The highest BCUT2D eigenvalue weighted by atomic mass is 35.5. The van der Waals surface area contributed by atoms with Gasteiger partial charge in [-0.2, -0.15) is 0 Å². The van der Waals surface area contributed by atoms with Crippen LogP contribution >= 0.6 is 24.8 Å². The molecule has 1 aromatic heterocycles. The van der Waals surface area contributed by atoms with Crippen LogP contribution in [0.1, 0.15) is 51.4 Å². The molecule has 2 aliphatic rings. The van der Waals surface area contributed by atoms with Gasteiger partial charge in [-0.25, -0.2) is 4.98 Å². The first-order valence-corrected chi connectivity index (χ1v) is 9.36. The van der Waals surface area contributed by atoms with E-state index < -0.39 is 0 Å². The molecule has 0 bridgehead atoms. The first-order chi connectivity index (χ1) is 11.7. The van der Waals surface area contributed by atoms with Crippen molar-refractivity contribution < 1.29 is 4.79 Å². The van der Waals surface area contributed by atoms with Gasteiger partial charge in [-0.1, -0.05) is 25.3 Å². The van der Waals surface area contributed by atoms with Crippen LogP contribution < -0.4 is 16.0 Å². The second kappa shape index (κ2) is 11.0. The fraction of sp³-hybridized carbons (Fsp3) is 0.684. The maximum absolute atomic E-state index is 12.5. The Balaban J connectivity index is 0.00000169. The highest BCUT2D eigenvalue weighted by Gasteiger charge is 2.33. The van der Waals surface area contributed by atoms with Crippen molar-refractivity contribution in [1.29, 1.82) is 0 Å². The van der Waals surface area contributed by atoms with E-state index in [1.165, 1.54) is 19.3 Å². The summed E-state index contributed by atoms with van der Waals surface area (Å²) >= 11 is 0. The Morgan fingerprint density at radius 2 is 1.88 bits per heavy atom. The molecule has 0 unspecified atom stereocenters. The fourth-order valence-electron chi connectivity index (χ4n) is 4.17. The summed E-state index contributed by atoms with van der Waals surface area (Å²) in [6.45, 7) is 2.53. The molecule has 1 aliphatic carbocycles. The van der Waals surface area contributed by atoms with E-state index >= 15 is 0 Å². The van der Waals surface area contributed by atoms with Gasteiger partial charge in [0.2, 0.25) is 5.91 Å². The summed E-state index contributed by atoms with van der Waals surface area (Å²) in [6, 6.07) is 6.30. The van der Waals surface area contributed by atoms with Gasteiger partial charge in [0, 0.05) is 31.7 Å². The minimum absolute atomic E-state index is 0. The van der Waals surface area contributed by atoms with Crippen molar-refractivity contribution in [1.82, 2.24) is 10.3 Å². The largest absolute Gasteiger partial charge is 0.356 e. The normalized spacial score (nSPS) is 19.8. The molecule has 1 saturated heterocycles. The third kappa shape index (κ3) is 6.00. The van der Waals surface area contributed by atoms with Crippen LogP contribution in [0.2, 0.25) is 0 Å². The molecule has 0 atom stereocenters. The number of nitrogens with two attached hydrogens (primary N) is 1. The van der Waals surface area contributed by atoms with Crippen LogP contribution in [-0.4, -0.2) is 36.6 Å². The van der Waals surface area contributed by atoms with E-state index in [0.717, 1.165) is 44.6 Å². The lowest BCUT2D eigenvalue weighted by Gasteiger charge is -2.37. The van der Waals surface area contributed by atoms with E-state index in [0.29, 0.717) is 13.0 Å². The summed E-state index contributed by atoms with van der Waals surface area (Å²) in [4.78, 5) is 19.2. The number of rotatable bonds is 5. The van der Waals surface area contributed by atoms with Crippen molar-refractivity contribution in [2.24, 2.45) is 11.1 Å². The Labute approximate surface area is 169 Å². The number of carbonyl (C=O) groups is 1. The number of hydrogen-bond donors (Lipinski definition) is 2. The van der Waals surface area contributed by atoms with E-state index in [4.69, 9.17) is 5.73 Å². The molecule has 1 aliphatic heterocycles. The molecule has 3 N–H and O–H groups in total. The SMILES string of the molecule is Cl.Cl.NCC1(CC(=O)NC2CCN(c3ccccn3)CC2)CCCCC1. The fourth-order valence-corrected chi connectivity index (χ4v) is 4.17. The van der Waals surface area contributed by atoms with Crippen LogP contribution in [0.4, 0.5) is 5.82 Å². The van der Waals surface area contributed by atoms with Crippen LogP contribution in [0.25, 0.3) is 0 Å². The van der Waals surface area contributed by atoms with Crippen LogP contribution in [0.5, 0.6) is 0 Å². The summed E-state index contributed by atoms with van der Waals surface area (Å²) in [5.41, 5.74) is 6.06. The molecule has 1 saturated carbocycles. The zero-order valence-corrected chi connectivity index (χ0v) is 17.0. The average Bonchev–Trinajstić information content (AvgIpc) is 2.64. The van der Waals surface area contributed by atoms with Crippen LogP contribution in [0.15, 0.2) is 24.4 Å². The number of pyridine rings is 1. The molecule has 1 aromatic rings. The monoisotopic (exact) mass is 402 g/mol. The van der Waals surface area contributed by atoms with E-state index in [-0.39, 0.29) is 42.2 Å². The lowest BCUT2D eigenvalue weighted by Crippen LogP contribution is -2.47. The Bertz CT molecular complexity index is 530. The Hall–Kier alpha value is -1.04. The lowest BCUT2D eigenvalue weighted by atomic mass is 9.71. The van der Waals surface area contributed by atoms with Crippen molar-refractivity contribution in [3.05, 3.63) is 24.4 Å². The summed E-state index contributed by atoms with van der Waals surface area (Å²) in [7, 11) is 0. The number of nitrogens with one attached hydrogen (secondary N) is 1. The van der Waals surface area contributed by atoms with Gasteiger partial charge in [0.1, 0.15) is 5.82 Å². The molecule has 7 heteroatoms. The van der Waals surface area contributed by atoms with Gasteiger partial charge in [0.25, 0.3) is 0 Å². The molecule has 0 aromatic carbocycles. The molecule has 1 amide bonds. The van der Waals surface area contributed by atoms with E-state index in [1.807, 2.05) is 24.4 Å². The predicted molar refractivity (Wildman–Crippen MR) is 111 cm³/mol. The second-order valence-corrected chi connectivity index (χ2v) is 7.46. The Kier molecular flexibility index (Phi) is 9.69. The number of aromatic nitrogens is 1. The van der Waals surface area contributed by atoms with Crippen molar-refractivity contribution in [2.75, 3.05) is 24.5 Å². The topological polar surface area (TPSA) is 71.2 Å². The zero-order valence-electron chi connectivity index (χ0n) is 15.4. The Morgan fingerprint density at radius 3 is 2.46 bits per heavy atom. The Morgan fingerprint density at radius 1 is 1.19 bits per heavy atom. The highest BCUT2D eigenvalue weighted by molar-refractivity contribution is 5.85. The van der Waals surface area contributed by atoms with Gasteiger partial charge in [0.15, 0.2) is 0 Å². The van der Waals surface area contributed by atoms with Crippen molar-refractivity contribution in [3.63, 3.8) is 0 Å². The van der Waals surface area contributed by atoms with Crippen molar-refractivity contribution in [2.45, 2.75) is 57.4 Å². The van der Waals surface area contributed by atoms with E-state index in [1.54, 1.807) is 0 Å². The molecule has 0 spiro atoms. The summed E-state index contributed by atoms with van der Waals surface area (Å²) in [5, 5.41) is 3.26. The van der Waals surface area contributed by atoms with Crippen molar-refractivity contribution in [3.8, 4) is 0 Å². The van der Waals surface area contributed by atoms with Gasteiger partial charge in [-0.15, -0.1) is 24.8 Å². The number of piperidine rings is 1. The molecule has 3 rings (SSSR count). The standard InChI is InChI=1S/C19H30N4O.2ClH/c20-15-19(9-3-1-4-10-19)14-18(24)22-16-7-12-23(13-8-16)17-6-2-5-11-21-17;;/h2,5-6,11,16H,1,3-4,7-10,12-15,20H2,(H,22,24);2*1H. The second-order valence-electron chi connectivity index (χ2n) is 7.46. The zero-order chi connectivity index (χ0) is 16.8. The quantitative estimate of drug-likeness (QED) is 0.791. The molecule has 148 valence electrons. The maximum atomic E-state index is 12.5. The van der Waals surface area contributed by atoms with Crippen LogP contribution in [-0.2, 0) is 4.79 Å². The first-order valence-electron chi connectivity index (χ1n) is 9.36. The summed E-state index contributed by atoms with van der Waals surface area (Å²) in [6.07, 6.45) is 10.3. The van der Waals surface area contributed by atoms with Crippen LogP contribution in [0, 0.1) is 5.41 Å². The van der Waals surface area contributed by atoms with Gasteiger partial charge < -0.3 is 16.0 Å². The third-order valence-corrected chi connectivity index (χ3v) is 5.72. The number of halogens is 2. The number of carbonyl (C=O) groups excluding carboxylic acids is 1. The molecule has 0 radical (unpaired) electrons. The number of nitrogens with zero attached hydrogens (tertiary/aromatic N) is 2. The number of hydrogen-bond acceptors (Lipinski definition) is 4. The lowest BCUT2D eigenvalue weighted by molar-refractivity contribution is -0.124. The van der Waals surface area contributed by atoms with E-state index in [9.17, 15) is 4.79 Å². The average molecular weight is 403 g/mol. The van der Waals surface area contributed by atoms with Crippen molar-refractivity contribution >= 4 is 36.5 Å². The van der Waals surface area contributed by atoms with Gasteiger partial charge in [0.05, 0.1) is 0 Å².